The first-order valence-electron chi connectivity index (χ1n) is 6.40. The minimum absolute atomic E-state index is 0.00547. The molecule has 1 atom stereocenters. The number of fused-ring (bicyclic) bond motifs is 1. The van der Waals surface area contributed by atoms with Crippen LogP contribution in [0.25, 0.3) is 10.2 Å². The Morgan fingerprint density at radius 2 is 2.25 bits per heavy atom. The predicted molar refractivity (Wildman–Crippen MR) is 81.0 cm³/mol. The molecule has 0 bridgehead atoms. The monoisotopic (exact) mass is 288 g/mol. The van der Waals surface area contributed by atoms with Gasteiger partial charge in [0.25, 0.3) is 0 Å². The van der Waals surface area contributed by atoms with Crippen LogP contribution in [0.1, 0.15) is 17.3 Å². The fourth-order valence-corrected chi connectivity index (χ4v) is 3.09. The maximum atomic E-state index is 9.58. The van der Waals surface area contributed by atoms with Gasteiger partial charge in [-0.05, 0) is 30.7 Å². The lowest BCUT2D eigenvalue weighted by Crippen LogP contribution is -2.18. The van der Waals surface area contributed by atoms with Crippen LogP contribution in [-0.4, -0.2) is 26.5 Å². The maximum Gasteiger partial charge on any atom is 0.184 e. The second-order valence-electron chi connectivity index (χ2n) is 4.75. The Balaban J connectivity index is 1.89. The second kappa shape index (κ2) is 5.22. The fourth-order valence-electron chi connectivity index (χ4n) is 2.19. The van der Waals surface area contributed by atoms with Crippen molar-refractivity contribution >= 4 is 26.7 Å². The largest absolute Gasteiger partial charge is 0.394 e. The van der Waals surface area contributed by atoms with E-state index in [0.717, 1.165) is 21.0 Å². The zero-order valence-electron chi connectivity index (χ0n) is 11.4. The van der Waals surface area contributed by atoms with E-state index in [1.807, 2.05) is 13.1 Å². The number of hydrogen-bond donors (Lipinski definition) is 2. The van der Waals surface area contributed by atoms with E-state index in [2.05, 4.69) is 40.5 Å². The lowest BCUT2D eigenvalue weighted by atomic mass is 10.2. The number of thiazole rings is 1. The van der Waals surface area contributed by atoms with Crippen LogP contribution >= 0.6 is 11.3 Å². The van der Waals surface area contributed by atoms with E-state index >= 15 is 0 Å². The molecule has 0 aliphatic carbocycles. The van der Waals surface area contributed by atoms with Crippen LogP contribution < -0.4 is 5.32 Å². The minimum Gasteiger partial charge on any atom is -0.394 e. The lowest BCUT2D eigenvalue weighted by molar-refractivity contribution is 0.272. The number of hydrogen-bond acceptors (Lipinski definition) is 5. The topological polar surface area (TPSA) is 63.0 Å². The van der Waals surface area contributed by atoms with Crippen molar-refractivity contribution in [3.63, 3.8) is 0 Å². The van der Waals surface area contributed by atoms with Crippen LogP contribution in [0.5, 0.6) is 0 Å². The van der Waals surface area contributed by atoms with E-state index in [0.29, 0.717) is 0 Å². The molecule has 0 radical (unpaired) electrons. The van der Waals surface area contributed by atoms with Crippen molar-refractivity contribution in [1.29, 1.82) is 0 Å². The summed E-state index contributed by atoms with van der Waals surface area (Å²) in [6.07, 6.45) is 1.72. The SMILES string of the molecule is Cc1ccc2sc(NC(CO)c3ccnn3C)nc2c1. The highest BCUT2D eigenvalue weighted by Gasteiger charge is 2.15. The lowest BCUT2D eigenvalue weighted by Gasteiger charge is -2.15. The molecule has 104 valence electrons. The summed E-state index contributed by atoms with van der Waals surface area (Å²) in [5, 5.41) is 17.8. The molecular weight excluding hydrogens is 272 g/mol. The zero-order valence-corrected chi connectivity index (χ0v) is 12.2. The van der Waals surface area contributed by atoms with Gasteiger partial charge in [-0.2, -0.15) is 5.10 Å². The number of rotatable bonds is 4. The van der Waals surface area contributed by atoms with Gasteiger partial charge in [-0.25, -0.2) is 4.98 Å². The van der Waals surface area contributed by atoms with Gasteiger partial charge in [0.2, 0.25) is 0 Å². The number of anilines is 1. The standard InChI is InChI=1S/C14H16N4OS/c1-9-3-4-13-10(7-9)16-14(20-13)17-11(8-19)12-5-6-15-18(12)2/h3-7,11,19H,8H2,1-2H3,(H,16,17). The number of aromatic nitrogens is 3. The van der Waals surface area contributed by atoms with Crippen LogP contribution in [0.2, 0.25) is 0 Å². The summed E-state index contributed by atoms with van der Waals surface area (Å²) in [4.78, 5) is 4.57. The molecule has 0 saturated carbocycles. The van der Waals surface area contributed by atoms with Crippen LogP contribution in [0.15, 0.2) is 30.5 Å². The van der Waals surface area contributed by atoms with Gasteiger partial charge in [-0.15, -0.1) is 0 Å². The van der Waals surface area contributed by atoms with Crippen LogP contribution in [0, 0.1) is 6.92 Å². The molecule has 3 aromatic rings. The number of aliphatic hydroxyl groups is 1. The molecule has 2 aromatic heterocycles. The quantitative estimate of drug-likeness (QED) is 0.774. The van der Waals surface area contributed by atoms with Crippen LogP contribution in [0.3, 0.4) is 0 Å². The molecule has 0 aliphatic rings. The van der Waals surface area contributed by atoms with Crippen LogP contribution in [-0.2, 0) is 7.05 Å². The first-order valence-corrected chi connectivity index (χ1v) is 7.21. The molecule has 0 fully saturated rings. The first-order chi connectivity index (χ1) is 9.67. The van der Waals surface area contributed by atoms with Gasteiger partial charge in [0.15, 0.2) is 5.13 Å². The summed E-state index contributed by atoms with van der Waals surface area (Å²) >= 11 is 1.59. The van der Waals surface area contributed by atoms with Crippen molar-refractivity contribution in [2.24, 2.45) is 7.05 Å². The Labute approximate surface area is 120 Å². The summed E-state index contributed by atoms with van der Waals surface area (Å²) in [5.41, 5.74) is 3.11. The van der Waals surface area contributed by atoms with Gasteiger partial charge >= 0.3 is 0 Å². The molecule has 2 heterocycles. The van der Waals surface area contributed by atoms with Crippen molar-refractivity contribution in [1.82, 2.24) is 14.8 Å². The maximum absolute atomic E-state index is 9.58. The van der Waals surface area contributed by atoms with E-state index < -0.39 is 0 Å². The van der Waals surface area contributed by atoms with E-state index in [1.54, 1.807) is 22.2 Å². The first kappa shape index (κ1) is 13.1. The summed E-state index contributed by atoms with van der Waals surface area (Å²) in [6.45, 7) is 2.05. The highest BCUT2D eigenvalue weighted by molar-refractivity contribution is 7.22. The molecule has 0 saturated heterocycles. The third-order valence-electron chi connectivity index (χ3n) is 3.24. The predicted octanol–water partition coefficient (Wildman–Crippen LogP) is 2.48. The molecule has 5 nitrogen and oxygen atoms in total. The van der Waals surface area contributed by atoms with Crippen molar-refractivity contribution in [2.45, 2.75) is 13.0 Å². The van der Waals surface area contributed by atoms with Gasteiger partial charge in [0.1, 0.15) is 0 Å². The molecule has 1 unspecified atom stereocenters. The number of nitrogens with zero attached hydrogens (tertiary/aromatic N) is 3. The highest BCUT2D eigenvalue weighted by atomic mass is 32.1. The van der Waals surface area contributed by atoms with Crippen molar-refractivity contribution in [3.8, 4) is 0 Å². The van der Waals surface area contributed by atoms with Gasteiger partial charge in [-0.3, -0.25) is 4.68 Å². The molecule has 0 spiro atoms. The molecular formula is C14H16N4OS. The average molecular weight is 288 g/mol. The molecule has 0 amide bonds. The van der Waals surface area contributed by atoms with Gasteiger partial charge < -0.3 is 10.4 Å². The summed E-state index contributed by atoms with van der Waals surface area (Å²) in [5.74, 6) is 0. The smallest absolute Gasteiger partial charge is 0.184 e. The summed E-state index contributed by atoms with van der Waals surface area (Å²) in [7, 11) is 1.86. The molecule has 3 rings (SSSR count). The van der Waals surface area contributed by atoms with Gasteiger partial charge in [0.05, 0.1) is 28.6 Å². The third-order valence-corrected chi connectivity index (χ3v) is 4.21. The van der Waals surface area contributed by atoms with Crippen LogP contribution in [0.4, 0.5) is 5.13 Å². The Bertz CT molecular complexity index is 734. The summed E-state index contributed by atoms with van der Waals surface area (Å²) in [6, 6.07) is 7.91. The number of aliphatic hydroxyl groups excluding tert-OH is 1. The molecule has 2 N–H and O–H groups in total. The molecule has 1 aromatic carbocycles. The van der Waals surface area contributed by atoms with Crippen molar-refractivity contribution in [2.75, 3.05) is 11.9 Å². The Kier molecular flexibility index (Phi) is 3.42. The van der Waals surface area contributed by atoms with E-state index in [-0.39, 0.29) is 12.6 Å². The second-order valence-corrected chi connectivity index (χ2v) is 5.78. The molecule has 20 heavy (non-hydrogen) atoms. The molecule has 6 heteroatoms. The van der Waals surface area contributed by atoms with E-state index in [9.17, 15) is 5.11 Å². The number of nitrogens with one attached hydrogen (secondary N) is 1. The Morgan fingerprint density at radius 1 is 1.40 bits per heavy atom. The Hall–Kier alpha value is -1.92. The normalized spacial score (nSPS) is 12.8. The molecule has 0 aliphatic heterocycles. The fraction of sp³-hybridized carbons (Fsp3) is 0.286. The highest BCUT2D eigenvalue weighted by Crippen LogP contribution is 2.29. The average Bonchev–Trinajstić information content (AvgIpc) is 3.01. The number of aryl methyl sites for hydroxylation is 2. The van der Waals surface area contributed by atoms with Gasteiger partial charge in [0, 0.05) is 13.2 Å². The van der Waals surface area contributed by atoms with Crippen molar-refractivity contribution < 1.29 is 5.11 Å². The summed E-state index contributed by atoms with van der Waals surface area (Å²) < 4.78 is 2.89. The van der Waals surface area contributed by atoms with E-state index in [1.165, 1.54) is 5.56 Å². The van der Waals surface area contributed by atoms with Crippen molar-refractivity contribution in [3.05, 3.63) is 41.7 Å². The number of benzene rings is 1. The third kappa shape index (κ3) is 2.39. The van der Waals surface area contributed by atoms with Gasteiger partial charge in [-0.1, -0.05) is 17.4 Å². The minimum atomic E-state index is -0.204. The zero-order chi connectivity index (χ0) is 14.1. The van der Waals surface area contributed by atoms with E-state index in [4.69, 9.17) is 0 Å². The Morgan fingerprint density at radius 3 is 2.95 bits per heavy atom.